The number of hydrogen-bond donors (Lipinski definition) is 1. The van der Waals surface area contributed by atoms with Crippen molar-refractivity contribution in [2.24, 2.45) is 0 Å². The van der Waals surface area contributed by atoms with Gasteiger partial charge in [0.15, 0.2) is 0 Å². The Morgan fingerprint density at radius 2 is 2.33 bits per heavy atom. The van der Waals surface area contributed by atoms with E-state index in [-0.39, 0.29) is 6.10 Å². The van der Waals surface area contributed by atoms with Crippen molar-refractivity contribution in [3.05, 3.63) is 24.3 Å². The highest BCUT2D eigenvalue weighted by Crippen LogP contribution is 2.29. The maximum Gasteiger partial charge on any atom is 0.134 e. The van der Waals surface area contributed by atoms with Crippen LogP contribution in [0.1, 0.15) is 6.92 Å². The van der Waals surface area contributed by atoms with Gasteiger partial charge in [-0.05, 0) is 31.0 Å². The summed E-state index contributed by atoms with van der Waals surface area (Å²) in [6, 6.07) is 8.08. The lowest BCUT2D eigenvalue weighted by molar-refractivity contribution is 0.224. The molecule has 1 atom stereocenters. The van der Waals surface area contributed by atoms with Crippen LogP contribution in [0, 0.1) is 0 Å². The molecule has 0 aromatic heterocycles. The Kier molecular flexibility index (Phi) is 2.23. The van der Waals surface area contributed by atoms with E-state index >= 15 is 0 Å². The van der Waals surface area contributed by atoms with Crippen LogP contribution in [0.15, 0.2) is 29.2 Å². The lowest BCUT2D eigenvalue weighted by Gasteiger charge is -2.10. The van der Waals surface area contributed by atoms with Crippen LogP contribution in [0.3, 0.4) is 0 Å². The molecular formula is C9H11NOS. The summed E-state index contributed by atoms with van der Waals surface area (Å²) in [5.74, 6) is 0.986. The predicted octanol–water partition coefficient (Wildman–Crippen LogP) is 2.06. The van der Waals surface area contributed by atoms with Crippen LogP contribution in [-0.4, -0.2) is 12.6 Å². The average Bonchev–Trinajstić information content (AvgIpc) is 2.25. The number of nitrogens with one attached hydrogen (secondary N) is 1. The van der Waals surface area contributed by atoms with Gasteiger partial charge >= 0.3 is 0 Å². The predicted molar refractivity (Wildman–Crippen MR) is 50.4 cm³/mol. The van der Waals surface area contributed by atoms with Crippen molar-refractivity contribution in [3.63, 3.8) is 0 Å². The molecule has 0 fully saturated rings. The van der Waals surface area contributed by atoms with Gasteiger partial charge < -0.3 is 4.74 Å². The van der Waals surface area contributed by atoms with Crippen LogP contribution in [0.25, 0.3) is 0 Å². The van der Waals surface area contributed by atoms with E-state index in [4.69, 9.17) is 4.74 Å². The number of benzene rings is 1. The molecule has 0 saturated heterocycles. The molecule has 0 unspecified atom stereocenters. The first-order valence-electron chi connectivity index (χ1n) is 4.01. The number of rotatable bonds is 0. The van der Waals surface area contributed by atoms with Crippen molar-refractivity contribution in [1.82, 2.24) is 4.72 Å². The van der Waals surface area contributed by atoms with Gasteiger partial charge in [-0.2, -0.15) is 0 Å². The number of ether oxygens (including phenoxy) is 1. The zero-order valence-electron chi connectivity index (χ0n) is 6.91. The highest BCUT2D eigenvalue weighted by atomic mass is 32.2. The molecule has 64 valence electrons. The number of hydrogen-bond acceptors (Lipinski definition) is 3. The lowest BCUT2D eigenvalue weighted by atomic mass is 10.3. The fourth-order valence-electron chi connectivity index (χ4n) is 1.13. The molecule has 1 heterocycles. The van der Waals surface area contributed by atoms with Gasteiger partial charge in [0, 0.05) is 6.54 Å². The van der Waals surface area contributed by atoms with Crippen molar-refractivity contribution in [2.75, 3.05) is 6.54 Å². The first-order chi connectivity index (χ1) is 5.86. The fourth-order valence-corrected chi connectivity index (χ4v) is 1.96. The minimum absolute atomic E-state index is 0.251. The third-order valence-corrected chi connectivity index (χ3v) is 2.60. The molecule has 1 aromatic carbocycles. The second-order valence-electron chi connectivity index (χ2n) is 2.83. The van der Waals surface area contributed by atoms with Crippen LogP contribution >= 0.6 is 11.9 Å². The molecular weight excluding hydrogens is 170 g/mol. The van der Waals surface area contributed by atoms with Gasteiger partial charge in [-0.1, -0.05) is 12.1 Å². The molecule has 0 radical (unpaired) electrons. The van der Waals surface area contributed by atoms with Gasteiger partial charge in [0.05, 0.1) is 4.90 Å². The molecule has 12 heavy (non-hydrogen) atoms. The van der Waals surface area contributed by atoms with Gasteiger partial charge in [0.1, 0.15) is 11.9 Å². The van der Waals surface area contributed by atoms with E-state index in [9.17, 15) is 0 Å². The molecule has 1 N–H and O–H groups in total. The molecule has 1 aliphatic rings. The van der Waals surface area contributed by atoms with Crippen molar-refractivity contribution in [2.45, 2.75) is 17.9 Å². The van der Waals surface area contributed by atoms with E-state index in [1.54, 1.807) is 11.9 Å². The zero-order chi connectivity index (χ0) is 8.39. The number of para-hydroxylation sites is 1. The Balaban J connectivity index is 2.31. The van der Waals surface area contributed by atoms with Crippen molar-refractivity contribution in [1.29, 1.82) is 0 Å². The second kappa shape index (κ2) is 3.37. The Hall–Kier alpha value is -0.670. The normalized spacial score (nSPS) is 22.2. The Morgan fingerprint density at radius 3 is 3.25 bits per heavy atom. The smallest absolute Gasteiger partial charge is 0.134 e. The fraction of sp³-hybridized carbons (Fsp3) is 0.333. The standard InChI is InChI=1S/C9H11NOS/c1-7-6-10-12-9-5-3-2-4-8(9)11-7/h2-5,7,10H,6H2,1H3/t7-/m0/s1. The van der Waals surface area contributed by atoms with E-state index in [1.807, 2.05) is 18.2 Å². The van der Waals surface area contributed by atoms with E-state index in [1.165, 1.54) is 4.90 Å². The summed E-state index contributed by atoms with van der Waals surface area (Å²) < 4.78 is 8.92. The monoisotopic (exact) mass is 181 g/mol. The Bertz CT molecular complexity index is 277. The topological polar surface area (TPSA) is 21.3 Å². The maximum absolute atomic E-state index is 5.67. The van der Waals surface area contributed by atoms with Gasteiger partial charge in [-0.25, -0.2) is 0 Å². The highest BCUT2D eigenvalue weighted by molar-refractivity contribution is 7.97. The summed E-state index contributed by atoms with van der Waals surface area (Å²) in [7, 11) is 0. The van der Waals surface area contributed by atoms with Crippen LogP contribution in [0.4, 0.5) is 0 Å². The van der Waals surface area contributed by atoms with Gasteiger partial charge in [0.2, 0.25) is 0 Å². The summed E-state index contributed by atoms with van der Waals surface area (Å²) in [6.07, 6.45) is 0.251. The Labute approximate surface area is 76.4 Å². The van der Waals surface area contributed by atoms with Crippen LogP contribution in [-0.2, 0) is 0 Å². The van der Waals surface area contributed by atoms with Crippen LogP contribution < -0.4 is 9.46 Å². The first-order valence-corrected chi connectivity index (χ1v) is 4.83. The number of fused-ring (bicyclic) bond motifs is 1. The minimum Gasteiger partial charge on any atom is -0.488 e. The van der Waals surface area contributed by atoms with Crippen molar-refractivity contribution >= 4 is 11.9 Å². The zero-order valence-corrected chi connectivity index (χ0v) is 7.73. The highest BCUT2D eigenvalue weighted by Gasteiger charge is 2.12. The minimum atomic E-state index is 0.251. The molecule has 0 amide bonds. The summed E-state index contributed by atoms with van der Waals surface area (Å²) in [4.78, 5) is 1.17. The van der Waals surface area contributed by atoms with E-state index in [0.717, 1.165) is 12.3 Å². The van der Waals surface area contributed by atoms with E-state index in [0.29, 0.717) is 0 Å². The quantitative estimate of drug-likeness (QED) is 0.619. The molecule has 0 bridgehead atoms. The van der Waals surface area contributed by atoms with Crippen molar-refractivity contribution < 1.29 is 4.74 Å². The molecule has 0 aliphatic carbocycles. The molecule has 0 spiro atoms. The lowest BCUT2D eigenvalue weighted by Crippen LogP contribution is -2.22. The molecule has 2 nitrogen and oxygen atoms in total. The molecule has 1 aromatic rings. The average molecular weight is 181 g/mol. The largest absolute Gasteiger partial charge is 0.488 e. The second-order valence-corrected chi connectivity index (χ2v) is 3.76. The summed E-state index contributed by atoms with van der Waals surface area (Å²) >= 11 is 1.64. The third-order valence-electron chi connectivity index (χ3n) is 1.73. The third kappa shape index (κ3) is 1.57. The summed E-state index contributed by atoms with van der Waals surface area (Å²) in [6.45, 7) is 2.95. The van der Waals surface area contributed by atoms with Gasteiger partial charge in [-0.3, -0.25) is 4.72 Å². The molecule has 2 rings (SSSR count). The van der Waals surface area contributed by atoms with Crippen LogP contribution in [0.5, 0.6) is 5.75 Å². The molecule has 1 aliphatic heterocycles. The van der Waals surface area contributed by atoms with Gasteiger partial charge in [-0.15, -0.1) is 0 Å². The van der Waals surface area contributed by atoms with E-state index in [2.05, 4.69) is 17.7 Å². The Morgan fingerprint density at radius 1 is 1.50 bits per heavy atom. The van der Waals surface area contributed by atoms with E-state index < -0.39 is 0 Å². The summed E-state index contributed by atoms with van der Waals surface area (Å²) in [5.41, 5.74) is 0. The molecule has 3 heteroatoms. The first kappa shape index (κ1) is 7.95. The maximum atomic E-state index is 5.67. The SMILES string of the molecule is C[C@H]1CNSc2ccccc2O1. The van der Waals surface area contributed by atoms with Gasteiger partial charge in [0.25, 0.3) is 0 Å². The molecule has 0 saturated carbocycles. The van der Waals surface area contributed by atoms with Crippen molar-refractivity contribution in [3.8, 4) is 5.75 Å². The van der Waals surface area contributed by atoms with Crippen LogP contribution in [0.2, 0.25) is 0 Å². The summed E-state index contributed by atoms with van der Waals surface area (Å²) in [5, 5.41) is 0.